The third kappa shape index (κ3) is 1.13. The molecule has 1 aromatic carbocycles. The van der Waals surface area contributed by atoms with E-state index in [9.17, 15) is 0 Å². The van der Waals surface area contributed by atoms with Crippen LogP contribution in [0.1, 0.15) is 49.7 Å². The maximum atomic E-state index is 3.90. The maximum Gasteiger partial charge on any atom is 0.0173 e. The Labute approximate surface area is 115 Å². The van der Waals surface area contributed by atoms with Crippen LogP contribution in [0.5, 0.6) is 0 Å². The Balaban J connectivity index is 1.79. The molecule has 6 rings (SSSR count). The molecule has 1 aromatic rings. The van der Waals surface area contributed by atoms with Gasteiger partial charge in [0.1, 0.15) is 0 Å². The van der Waals surface area contributed by atoms with E-state index in [4.69, 9.17) is 0 Å². The van der Waals surface area contributed by atoms with Gasteiger partial charge in [-0.15, -0.1) is 0 Å². The van der Waals surface area contributed by atoms with Crippen LogP contribution in [0.25, 0.3) is 0 Å². The second kappa shape index (κ2) is 3.44. The Morgan fingerprint density at radius 2 is 1.89 bits per heavy atom. The predicted octanol–water partition coefficient (Wildman–Crippen LogP) is 3.42. The zero-order valence-electron chi connectivity index (χ0n) is 11.6. The van der Waals surface area contributed by atoms with Crippen LogP contribution in [-0.2, 0) is 11.8 Å². The third-order valence-corrected chi connectivity index (χ3v) is 7.15. The lowest BCUT2D eigenvalue weighted by molar-refractivity contribution is -0.0944. The molecule has 19 heavy (non-hydrogen) atoms. The molecular weight excluding hydrogens is 230 g/mol. The molecule has 2 atom stereocenters. The summed E-state index contributed by atoms with van der Waals surface area (Å²) in [6.07, 6.45) is 10.1. The quantitative estimate of drug-likeness (QED) is 0.747. The average Bonchev–Trinajstić information content (AvgIpc) is 2.47. The summed E-state index contributed by atoms with van der Waals surface area (Å²) in [6, 6.07) is 10.2. The van der Waals surface area contributed by atoms with Gasteiger partial charge in [-0.3, -0.25) is 0 Å². The monoisotopic (exact) mass is 253 g/mol. The Bertz CT molecular complexity index is 526. The van der Waals surface area contributed by atoms with Gasteiger partial charge in [-0.05, 0) is 74.0 Å². The highest BCUT2D eigenvalue weighted by molar-refractivity contribution is 5.44. The molecule has 1 spiro atoms. The molecule has 1 saturated heterocycles. The van der Waals surface area contributed by atoms with Gasteiger partial charge in [-0.2, -0.15) is 0 Å². The standard InChI is InChI=1S/C18H23N/c1-2-4-15-14(3-1)11-16-17-7-5-13(6-8-17)12-18(15,17)9-10-19-16/h1-4,13,16,19H,5-12H2/t13?,16-,17?,18-/m1/s1. The highest BCUT2D eigenvalue weighted by atomic mass is 15.0. The van der Waals surface area contributed by atoms with Crippen molar-refractivity contribution in [3.8, 4) is 0 Å². The van der Waals surface area contributed by atoms with Crippen molar-refractivity contribution in [1.29, 1.82) is 0 Å². The van der Waals surface area contributed by atoms with Crippen molar-refractivity contribution >= 4 is 0 Å². The molecule has 0 radical (unpaired) electrons. The van der Waals surface area contributed by atoms with Crippen molar-refractivity contribution < 1.29 is 0 Å². The molecule has 1 nitrogen and oxygen atoms in total. The fraction of sp³-hybridized carbons (Fsp3) is 0.667. The minimum absolute atomic E-state index is 0.541. The first kappa shape index (κ1) is 10.9. The van der Waals surface area contributed by atoms with Gasteiger partial charge in [0.2, 0.25) is 0 Å². The molecule has 4 aliphatic carbocycles. The first-order valence-electron chi connectivity index (χ1n) is 8.16. The zero-order chi connectivity index (χ0) is 12.5. The van der Waals surface area contributed by atoms with Crippen LogP contribution in [0.15, 0.2) is 24.3 Å². The van der Waals surface area contributed by atoms with E-state index in [1.54, 1.807) is 11.1 Å². The highest BCUT2D eigenvalue weighted by Crippen LogP contribution is 2.68. The molecule has 5 aliphatic rings. The summed E-state index contributed by atoms with van der Waals surface area (Å²) >= 11 is 0. The van der Waals surface area contributed by atoms with Gasteiger partial charge >= 0.3 is 0 Å². The van der Waals surface area contributed by atoms with Crippen LogP contribution < -0.4 is 5.32 Å². The largest absolute Gasteiger partial charge is 0.313 e. The predicted molar refractivity (Wildman–Crippen MR) is 77.2 cm³/mol. The summed E-state index contributed by atoms with van der Waals surface area (Å²) in [7, 11) is 0. The SMILES string of the molecule is c1ccc2c(c1)C[C@H]1NCC[C@@]23CC2CCC13CC2. The van der Waals surface area contributed by atoms with Gasteiger partial charge in [0.25, 0.3) is 0 Å². The summed E-state index contributed by atoms with van der Waals surface area (Å²) in [5, 5.41) is 3.90. The van der Waals surface area contributed by atoms with Crippen LogP contribution in [0.3, 0.4) is 0 Å². The van der Waals surface area contributed by atoms with E-state index in [-0.39, 0.29) is 0 Å². The Hall–Kier alpha value is -0.820. The minimum atomic E-state index is 0.541. The minimum Gasteiger partial charge on any atom is -0.313 e. The molecule has 4 bridgehead atoms. The lowest BCUT2D eigenvalue weighted by atomic mass is 9.38. The van der Waals surface area contributed by atoms with Crippen molar-refractivity contribution in [3.05, 3.63) is 35.4 Å². The van der Waals surface area contributed by atoms with Gasteiger partial charge in [-0.25, -0.2) is 0 Å². The zero-order valence-corrected chi connectivity index (χ0v) is 11.6. The van der Waals surface area contributed by atoms with Crippen LogP contribution >= 0.6 is 0 Å². The summed E-state index contributed by atoms with van der Waals surface area (Å²) in [4.78, 5) is 0. The molecule has 0 unspecified atom stereocenters. The lowest BCUT2D eigenvalue weighted by Crippen LogP contribution is -2.69. The Morgan fingerprint density at radius 3 is 2.79 bits per heavy atom. The number of benzene rings is 1. The van der Waals surface area contributed by atoms with E-state index in [1.807, 2.05) is 0 Å². The fourth-order valence-corrected chi connectivity index (χ4v) is 6.43. The van der Waals surface area contributed by atoms with Crippen molar-refractivity contribution in [2.45, 2.75) is 56.4 Å². The van der Waals surface area contributed by atoms with E-state index in [0.717, 1.165) is 12.0 Å². The average molecular weight is 253 g/mol. The van der Waals surface area contributed by atoms with E-state index in [0.29, 0.717) is 10.8 Å². The molecule has 4 fully saturated rings. The molecule has 0 aromatic heterocycles. The summed E-state index contributed by atoms with van der Waals surface area (Å²) in [6.45, 7) is 1.24. The van der Waals surface area contributed by atoms with Crippen molar-refractivity contribution in [1.82, 2.24) is 5.32 Å². The molecule has 0 amide bonds. The molecule has 100 valence electrons. The normalized spacial score (nSPS) is 46.5. The first-order valence-corrected chi connectivity index (χ1v) is 8.16. The van der Waals surface area contributed by atoms with Gasteiger partial charge in [0.05, 0.1) is 0 Å². The Kier molecular flexibility index (Phi) is 1.97. The summed E-state index contributed by atoms with van der Waals surface area (Å²) in [5.41, 5.74) is 4.54. The number of hydrogen-bond donors (Lipinski definition) is 1. The van der Waals surface area contributed by atoms with Crippen LogP contribution in [0, 0.1) is 11.3 Å². The van der Waals surface area contributed by atoms with Gasteiger partial charge < -0.3 is 5.32 Å². The molecule has 3 saturated carbocycles. The fourth-order valence-electron chi connectivity index (χ4n) is 6.43. The van der Waals surface area contributed by atoms with E-state index < -0.39 is 0 Å². The lowest BCUT2D eigenvalue weighted by Gasteiger charge is -2.68. The van der Waals surface area contributed by atoms with Gasteiger partial charge in [0, 0.05) is 11.5 Å². The molecule has 1 heteroatoms. The van der Waals surface area contributed by atoms with Crippen LogP contribution in [-0.4, -0.2) is 12.6 Å². The van der Waals surface area contributed by atoms with Crippen molar-refractivity contribution in [3.63, 3.8) is 0 Å². The van der Waals surface area contributed by atoms with Crippen molar-refractivity contribution in [2.24, 2.45) is 11.3 Å². The maximum absolute atomic E-state index is 3.90. The number of fused-ring (bicyclic) bond motifs is 3. The summed E-state index contributed by atoms with van der Waals surface area (Å²) < 4.78 is 0. The van der Waals surface area contributed by atoms with Gasteiger partial charge in [0.15, 0.2) is 0 Å². The third-order valence-electron chi connectivity index (χ3n) is 7.15. The second-order valence-corrected chi connectivity index (χ2v) is 7.50. The molecule has 1 N–H and O–H groups in total. The molecule has 1 aliphatic heterocycles. The smallest absolute Gasteiger partial charge is 0.0173 e. The highest BCUT2D eigenvalue weighted by Gasteiger charge is 2.64. The first-order chi connectivity index (χ1) is 9.34. The van der Waals surface area contributed by atoms with Crippen LogP contribution in [0.4, 0.5) is 0 Å². The number of hydrogen-bond acceptors (Lipinski definition) is 1. The number of piperidine rings is 1. The number of nitrogens with one attached hydrogen (secondary N) is 1. The Morgan fingerprint density at radius 1 is 1.05 bits per heavy atom. The topological polar surface area (TPSA) is 12.0 Å². The van der Waals surface area contributed by atoms with Crippen molar-refractivity contribution in [2.75, 3.05) is 6.54 Å². The molecule has 1 heterocycles. The summed E-state index contributed by atoms with van der Waals surface area (Å²) in [5.74, 6) is 1.02. The van der Waals surface area contributed by atoms with Gasteiger partial charge in [-0.1, -0.05) is 24.3 Å². The molecular formula is C18H23N. The van der Waals surface area contributed by atoms with E-state index in [1.165, 1.54) is 51.5 Å². The van der Waals surface area contributed by atoms with Crippen LogP contribution in [0.2, 0.25) is 0 Å². The van der Waals surface area contributed by atoms with E-state index >= 15 is 0 Å². The van der Waals surface area contributed by atoms with E-state index in [2.05, 4.69) is 29.6 Å². The second-order valence-electron chi connectivity index (χ2n) is 7.50. The number of rotatable bonds is 0.